The zero-order valence-corrected chi connectivity index (χ0v) is 20.7. The van der Waals surface area contributed by atoms with Crippen LogP contribution < -0.4 is 0 Å². The number of hydrogen-bond acceptors (Lipinski definition) is 4. The number of hydrogen-bond donors (Lipinski definition) is 0. The number of amides is 1. The van der Waals surface area contributed by atoms with Crippen LogP contribution in [0.1, 0.15) is 32.0 Å². The summed E-state index contributed by atoms with van der Waals surface area (Å²) in [4.78, 5) is 24.4. The van der Waals surface area contributed by atoms with Gasteiger partial charge in [0.05, 0.1) is 22.2 Å². The molecular weight excluding hydrogens is 441 g/mol. The van der Waals surface area contributed by atoms with Crippen LogP contribution in [0.5, 0.6) is 0 Å². The van der Waals surface area contributed by atoms with Crippen molar-refractivity contribution in [3.05, 3.63) is 64.9 Å². The summed E-state index contributed by atoms with van der Waals surface area (Å²) in [5.41, 5.74) is 3.78. The van der Waals surface area contributed by atoms with E-state index in [0.29, 0.717) is 25.7 Å². The molecule has 1 fully saturated rings. The van der Waals surface area contributed by atoms with Gasteiger partial charge in [0.25, 0.3) is 5.91 Å². The minimum absolute atomic E-state index is 0.0255. The van der Waals surface area contributed by atoms with E-state index in [9.17, 15) is 4.79 Å². The van der Waals surface area contributed by atoms with Crippen LogP contribution in [0, 0.1) is 6.92 Å². The average molecular weight is 470 g/mol. The van der Waals surface area contributed by atoms with Gasteiger partial charge in [-0.3, -0.25) is 9.69 Å². The van der Waals surface area contributed by atoms with Crippen molar-refractivity contribution in [2.24, 2.45) is 0 Å². The number of aryl methyl sites for hydroxylation is 1. The Bertz CT molecular complexity index is 1170. The van der Waals surface area contributed by atoms with E-state index in [4.69, 9.17) is 11.6 Å². The number of allylic oxidation sites excluding steroid dienone is 1. The molecule has 1 saturated heterocycles. The smallest absolute Gasteiger partial charge is 0.252 e. The molecule has 0 aliphatic carbocycles. The molecule has 0 saturated carbocycles. The highest BCUT2D eigenvalue weighted by Crippen LogP contribution is 2.45. The molecular formula is C24H29ClN5OP. The fraction of sp³-hybridized carbons (Fsp3) is 0.417. The Balaban J connectivity index is 1.37. The highest BCUT2D eigenvalue weighted by atomic mass is 35.5. The zero-order chi connectivity index (χ0) is 22.6. The van der Waals surface area contributed by atoms with Crippen LogP contribution in [0.2, 0.25) is 5.02 Å². The molecule has 32 heavy (non-hydrogen) atoms. The lowest BCUT2D eigenvalue weighted by Gasteiger charge is -2.44. The molecule has 0 aromatic carbocycles. The number of pyridine rings is 1. The van der Waals surface area contributed by atoms with Gasteiger partial charge in [0.15, 0.2) is 5.65 Å². The van der Waals surface area contributed by atoms with Crippen LogP contribution in [-0.4, -0.2) is 67.5 Å². The Labute approximate surface area is 196 Å². The molecule has 0 spiro atoms. The predicted octanol–water partition coefficient (Wildman–Crippen LogP) is 4.31. The maximum atomic E-state index is 13.1. The number of nitrogens with zero attached hydrogens (tertiary/aromatic N) is 5. The lowest BCUT2D eigenvalue weighted by atomic mass is 10.1. The van der Waals surface area contributed by atoms with Crippen molar-refractivity contribution in [2.45, 2.75) is 45.6 Å². The second kappa shape index (κ2) is 8.33. The second-order valence-electron chi connectivity index (χ2n) is 9.12. The van der Waals surface area contributed by atoms with Crippen LogP contribution >= 0.6 is 20.2 Å². The van der Waals surface area contributed by atoms with E-state index < -0.39 is 0 Å². The third-order valence-electron chi connectivity index (χ3n) is 6.49. The highest BCUT2D eigenvalue weighted by Gasteiger charge is 2.32. The summed E-state index contributed by atoms with van der Waals surface area (Å²) in [5, 5.41) is 1.64. The molecule has 3 aliphatic rings. The topological polar surface area (TPSA) is 44.1 Å². The molecule has 2 aromatic heterocycles. The number of rotatable bonds is 3. The minimum Gasteiger partial charge on any atom is -0.368 e. The van der Waals surface area contributed by atoms with Crippen LogP contribution in [0.25, 0.3) is 11.0 Å². The molecule has 2 unspecified atom stereocenters. The van der Waals surface area contributed by atoms with Gasteiger partial charge >= 0.3 is 0 Å². The average Bonchev–Trinajstić information content (AvgIpc) is 3.14. The van der Waals surface area contributed by atoms with Gasteiger partial charge in [-0.15, -0.1) is 0 Å². The van der Waals surface area contributed by atoms with Gasteiger partial charge in [0, 0.05) is 62.0 Å². The molecule has 2 aromatic rings. The first-order valence-electron chi connectivity index (χ1n) is 11.2. The highest BCUT2D eigenvalue weighted by molar-refractivity contribution is 7.51. The Morgan fingerprint density at radius 2 is 2.06 bits per heavy atom. The van der Waals surface area contributed by atoms with E-state index in [1.807, 2.05) is 40.9 Å². The third-order valence-corrected chi connectivity index (χ3v) is 8.28. The lowest BCUT2D eigenvalue weighted by molar-refractivity contribution is -0.123. The molecule has 1 amide bonds. The Morgan fingerprint density at radius 3 is 2.81 bits per heavy atom. The van der Waals surface area contributed by atoms with Gasteiger partial charge < -0.3 is 14.2 Å². The fourth-order valence-corrected chi connectivity index (χ4v) is 6.54. The van der Waals surface area contributed by atoms with Crippen molar-refractivity contribution in [3.8, 4) is 0 Å². The van der Waals surface area contributed by atoms with Crippen molar-refractivity contribution in [1.82, 2.24) is 24.1 Å². The van der Waals surface area contributed by atoms with Crippen LogP contribution in [-0.2, 0) is 4.79 Å². The van der Waals surface area contributed by atoms with E-state index in [0.717, 1.165) is 47.6 Å². The molecule has 5 heterocycles. The largest absolute Gasteiger partial charge is 0.368 e. The van der Waals surface area contributed by atoms with E-state index in [1.54, 1.807) is 6.08 Å². The maximum absolute atomic E-state index is 13.1. The summed E-state index contributed by atoms with van der Waals surface area (Å²) in [5.74, 6) is 0.0807. The lowest BCUT2D eigenvalue weighted by Crippen LogP contribution is -2.54. The number of aromatic nitrogens is 2. The van der Waals surface area contributed by atoms with Gasteiger partial charge in [0.1, 0.15) is 0 Å². The van der Waals surface area contributed by atoms with Crippen molar-refractivity contribution < 1.29 is 4.79 Å². The first kappa shape index (κ1) is 21.7. The quantitative estimate of drug-likeness (QED) is 0.628. The van der Waals surface area contributed by atoms with E-state index >= 15 is 0 Å². The molecule has 6 nitrogen and oxygen atoms in total. The molecule has 0 N–H and O–H groups in total. The Kier molecular flexibility index (Phi) is 5.65. The molecule has 3 aliphatic heterocycles. The zero-order valence-electron chi connectivity index (χ0n) is 18.9. The second-order valence-corrected chi connectivity index (χ2v) is 10.9. The van der Waals surface area contributed by atoms with Gasteiger partial charge in [0.2, 0.25) is 0 Å². The van der Waals surface area contributed by atoms with Crippen molar-refractivity contribution >= 4 is 37.1 Å². The molecule has 0 radical (unpaired) electrons. The summed E-state index contributed by atoms with van der Waals surface area (Å²) in [6.45, 7) is 11.8. The number of carbonyl (C=O) groups is 1. The normalized spacial score (nSPS) is 25.0. The Morgan fingerprint density at radius 1 is 1.25 bits per heavy atom. The molecule has 0 bridgehead atoms. The fourth-order valence-electron chi connectivity index (χ4n) is 4.92. The minimum atomic E-state index is 0.0255. The number of fused-ring (bicyclic) bond motifs is 2. The molecule has 5 rings (SSSR count). The predicted molar refractivity (Wildman–Crippen MR) is 132 cm³/mol. The molecule has 168 valence electrons. The number of piperazine rings is 1. The summed E-state index contributed by atoms with van der Waals surface area (Å²) in [6.07, 6.45) is 12.2. The van der Waals surface area contributed by atoms with Gasteiger partial charge in [-0.25, -0.2) is 4.98 Å². The monoisotopic (exact) mass is 469 g/mol. The number of halogens is 1. The maximum Gasteiger partial charge on any atom is 0.252 e. The number of carbonyl (C=O) groups excluding carboxylic acids is 1. The van der Waals surface area contributed by atoms with Gasteiger partial charge in [-0.2, -0.15) is 0 Å². The summed E-state index contributed by atoms with van der Waals surface area (Å²) in [6, 6.07) is 2.97. The van der Waals surface area contributed by atoms with Crippen molar-refractivity contribution in [1.29, 1.82) is 0 Å². The van der Waals surface area contributed by atoms with Crippen molar-refractivity contribution in [2.75, 3.05) is 19.6 Å². The Hall–Kier alpha value is -2.14. The first-order chi connectivity index (χ1) is 15.3. The van der Waals surface area contributed by atoms with Gasteiger partial charge in [-0.1, -0.05) is 26.3 Å². The van der Waals surface area contributed by atoms with Crippen LogP contribution in [0.3, 0.4) is 0 Å². The van der Waals surface area contributed by atoms with E-state index in [2.05, 4.69) is 47.7 Å². The number of imidazole rings is 1. The standard InChI is InChI=1S/C24H29ClN5OP/c1-15(2)29-8-7-27(12-17(29)4)19-5-6-23-30(14-19)22(31)10-21(32-23)18-9-20(25)24-26-16(3)11-28(24)13-18/h5-6,9-11,13-15,17,23,32H,7-8,12H2,1-4H3/t17-,23?/m0/s1. The third kappa shape index (κ3) is 3.89. The van der Waals surface area contributed by atoms with Gasteiger partial charge in [-0.05, 0) is 45.2 Å². The summed E-state index contributed by atoms with van der Waals surface area (Å²) in [7, 11) is 0.462. The first-order valence-corrected chi connectivity index (χ1v) is 12.6. The van der Waals surface area contributed by atoms with E-state index in [-0.39, 0.29) is 11.7 Å². The van der Waals surface area contributed by atoms with Crippen LogP contribution in [0.15, 0.2) is 48.6 Å². The summed E-state index contributed by atoms with van der Waals surface area (Å²) >= 11 is 6.48. The van der Waals surface area contributed by atoms with Crippen molar-refractivity contribution in [3.63, 3.8) is 0 Å². The SMILES string of the molecule is Cc1cn2cc(C3=CC(=O)N4C=C(N5CCN(C(C)C)[C@@H](C)C5)C=CC4P3)cc(Cl)c2n1. The molecule has 3 atom stereocenters. The molecule has 8 heteroatoms. The van der Waals surface area contributed by atoms with E-state index in [1.165, 1.54) is 0 Å². The van der Waals surface area contributed by atoms with Crippen LogP contribution in [0.4, 0.5) is 0 Å². The summed E-state index contributed by atoms with van der Waals surface area (Å²) < 4.78 is 1.95.